The molecule has 1 aliphatic carbocycles. The first-order chi connectivity index (χ1) is 13.7. The highest BCUT2D eigenvalue weighted by molar-refractivity contribution is 6.16. The minimum absolute atomic E-state index is 0.00863. The molecule has 144 valence electrons. The van der Waals surface area contributed by atoms with Gasteiger partial charge in [0.05, 0.1) is 24.4 Å². The number of amides is 2. The number of carbonyl (C=O) groups excluding carboxylic acids is 2. The van der Waals surface area contributed by atoms with Crippen LogP contribution in [0.5, 0.6) is 5.75 Å². The van der Waals surface area contributed by atoms with Gasteiger partial charge in [0.2, 0.25) is 11.8 Å². The molecule has 6 heteroatoms. The number of hydrogen-bond acceptors (Lipinski definition) is 4. The summed E-state index contributed by atoms with van der Waals surface area (Å²) in [6.07, 6.45) is 2.62. The summed E-state index contributed by atoms with van der Waals surface area (Å²) in [4.78, 5) is 32.0. The monoisotopic (exact) mass is 377 g/mol. The fourth-order valence-corrected chi connectivity index (χ4v) is 3.78. The van der Waals surface area contributed by atoms with Gasteiger partial charge in [0, 0.05) is 12.3 Å². The molecule has 28 heavy (non-hydrogen) atoms. The number of fused-ring (bicyclic) bond motifs is 2. The van der Waals surface area contributed by atoms with Gasteiger partial charge in [0.25, 0.3) is 0 Å². The van der Waals surface area contributed by atoms with Crippen LogP contribution in [0.1, 0.15) is 24.8 Å². The molecule has 4 rings (SSSR count). The average molecular weight is 377 g/mol. The van der Waals surface area contributed by atoms with E-state index < -0.39 is 0 Å². The van der Waals surface area contributed by atoms with Crippen molar-refractivity contribution < 1.29 is 14.3 Å². The van der Waals surface area contributed by atoms with Crippen LogP contribution in [0.15, 0.2) is 53.5 Å². The van der Waals surface area contributed by atoms with Crippen LogP contribution >= 0.6 is 0 Å². The van der Waals surface area contributed by atoms with Crippen molar-refractivity contribution in [3.05, 3.63) is 54.1 Å². The second-order valence-electron chi connectivity index (χ2n) is 7.09. The molecule has 0 spiro atoms. The summed E-state index contributed by atoms with van der Waals surface area (Å²) >= 11 is 0. The lowest BCUT2D eigenvalue weighted by Crippen LogP contribution is -2.43. The molecular formula is C22H23N3O3. The molecular weight excluding hydrogens is 354 g/mol. The molecule has 1 heterocycles. The number of carbonyl (C=O) groups is 2. The molecule has 1 unspecified atom stereocenters. The number of hydrogen-bond donors (Lipinski definition) is 1. The molecule has 1 atom stereocenters. The topological polar surface area (TPSA) is 71.0 Å². The van der Waals surface area contributed by atoms with Crippen molar-refractivity contribution in [1.29, 1.82) is 0 Å². The van der Waals surface area contributed by atoms with E-state index >= 15 is 0 Å². The lowest BCUT2D eigenvalue weighted by Gasteiger charge is -2.24. The van der Waals surface area contributed by atoms with E-state index in [1.165, 1.54) is 0 Å². The van der Waals surface area contributed by atoms with Crippen LogP contribution in [0, 0.1) is 5.92 Å². The Hall–Kier alpha value is -3.15. The third-order valence-electron chi connectivity index (χ3n) is 5.28. The molecule has 2 aromatic carbocycles. The van der Waals surface area contributed by atoms with Gasteiger partial charge < -0.3 is 15.0 Å². The van der Waals surface area contributed by atoms with Crippen LogP contribution < -0.4 is 15.0 Å². The van der Waals surface area contributed by atoms with E-state index in [-0.39, 0.29) is 24.3 Å². The molecule has 6 nitrogen and oxygen atoms in total. The molecule has 0 radical (unpaired) electrons. The number of rotatable bonds is 5. The van der Waals surface area contributed by atoms with Gasteiger partial charge in [-0.15, -0.1) is 0 Å². The summed E-state index contributed by atoms with van der Waals surface area (Å²) in [5.41, 5.74) is 3.38. The average Bonchev–Trinajstić information content (AvgIpc) is 3.15. The zero-order valence-corrected chi connectivity index (χ0v) is 15.9. The Balaban J connectivity index is 1.48. The number of ether oxygens (including phenoxy) is 1. The van der Waals surface area contributed by atoms with Crippen LogP contribution in [0.25, 0.3) is 0 Å². The molecule has 0 saturated heterocycles. The Morgan fingerprint density at radius 1 is 1.21 bits per heavy atom. The van der Waals surface area contributed by atoms with Gasteiger partial charge >= 0.3 is 0 Å². The van der Waals surface area contributed by atoms with Crippen molar-refractivity contribution in [3.8, 4) is 5.75 Å². The smallest absolute Gasteiger partial charge is 0.240 e. The fourth-order valence-electron chi connectivity index (χ4n) is 3.78. The Morgan fingerprint density at radius 3 is 2.79 bits per heavy atom. The minimum atomic E-state index is -0.207. The number of anilines is 1. The van der Waals surface area contributed by atoms with Gasteiger partial charge in [-0.3, -0.25) is 14.6 Å². The summed E-state index contributed by atoms with van der Waals surface area (Å²) in [7, 11) is 1.62. The van der Waals surface area contributed by atoms with E-state index in [4.69, 9.17) is 9.73 Å². The van der Waals surface area contributed by atoms with E-state index in [0.29, 0.717) is 12.2 Å². The number of para-hydroxylation sites is 2. The summed E-state index contributed by atoms with van der Waals surface area (Å²) in [6.45, 7) is 0.392. The molecule has 2 aliphatic rings. The van der Waals surface area contributed by atoms with Crippen molar-refractivity contribution in [3.63, 3.8) is 0 Å². The fraction of sp³-hybridized carbons (Fsp3) is 0.318. The predicted octanol–water partition coefficient (Wildman–Crippen LogP) is 3.23. The lowest BCUT2D eigenvalue weighted by molar-refractivity contribution is -0.124. The second kappa shape index (κ2) is 7.84. The van der Waals surface area contributed by atoms with E-state index in [1.807, 2.05) is 48.5 Å². The van der Waals surface area contributed by atoms with Crippen molar-refractivity contribution in [2.45, 2.75) is 25.8 Å². The van der Waals surface area contributed by atoms with Crippen LogP contribution in [0.3, 0.4) is 0 Å². The molecule has 1 fully saturated rings. The highest BCUT2D eigenvalue weighted by Crippen LogP contribution is 2.37. The number of nitrogens with zero attached hydrogens (tertiary/aromatic N) is 2. The number of aliphatic imine (C=N–C) groups is 1. The first-order valence-corrected chi connectivity index (χ1v) is 9.53. The molecule has 0 aromatic heterocycles. The third kappa shape index (κ3) is 3.63. The van der Waals surface area contributed by atoms with E-state index in [1.54, 1.807) is 12.0 Å². The largest absolute Gasteiger partial charge is 0.497 e. The lowest BCUT2D eigenvalue weighted by atomic mass is 10.1. The number of nitrogens with one attached hydrogen (secondary N) is 1. The third-order valence-corrected chi connectivity index (χ3v) is 5.28. The summed E-state index contributed by atoms with van der Waals surface area (Å²) < 4.78 is 5.14. The molecule has 1 N–H and O–H groups in total. The number of methoxy groups -OCH3 is 1. The zero-order chi connectivity index (χ0) is 19.5. The summed E-state index contributed by atoms with van der Waals surface area (Å²) in [5, 5.41) is 2.90. The van der Waals surface area contributed by atoms with Gasteiger partial charge in [-0.05, 0) is 49.1 Å². The summed E-state index contributed by atoms with van der Waals surface area (Å²) in [6, 6.07) is 15.1. The maximum absolute atomic E-state index is 13.1. The maximum atomic E-state index is 13.1. The Bertz CT molecular complexity index is 921. The Labute approximate surface area is 164 Å². The first kappa shape index (κ1) is 18.2. The Morgan fingerprint density at radius 2 is 2.00 bits per heavy atom. The van der Waals surface area contributed by atoms with Crippen LogP contribution in [-0.2, 0) is 16.1 Å². The normalized spacial score (nSPS) is 18.0. The van der Waals surface area contributed by atoms with Crippen molar-refractivity contribution in [2.24, 2.45) is 10.9 Å². The Kier molecular flexibility index (Phi) is 5.10. The summed E-state index contributed by atoms with van der Waals surface area (Å²) in [5.74, 6) is 0.345. The molecule has 2 amide bonds. The van der Waals surface area contributed by atoms with Gasteiger partial charge in [-0.1, -0.05) is 24.3 Å². The van der Waals surface area contributed by atoms with Crippen molar-refractivity contribution >= 4 is 28.9 Å². The van der Waals surface area contributed by atoms with Crippen molar-refractivity contribution in [2.75, 3.05) is 18.6 Å². The first-order valence-electron chi connectivity index (χ1n) is 9.53. The van der Waals surface area contributed by atoms with Gasteiger partial charge in [0.1, 0.15) is 12.3 Å². The molecule has 1 aliphatic heterocycles. The SMILES string of the molecule is COc1ccc(CNC(=O)CN2C(=O)C3CCCC3=Nc3ccccc32)cc1. The quantitative estimate of drug-likeness (QED) is 0.870. The number of benzene rings is 2. The molecule has 1 saturated carbocycles. The zero-order valence-electron chi connectivity index (χ0n) is 15.9. The van der Waals surface area contributed by atoms with Crippen LogP contribution in [0.4, 0.5) is 11.4 Å². The van der Waals surface area contributed by atoms with E-state index in [9.17, 15) is 9.59 Å². The van der Waals surface area contributed by atoms with E-state index in [2.05, 4.69) is 5.32 Å². The van der Waals surface area contributed by atoms with Crippen molar-refractivity contribution in [1.82, 2.24) is 5.32 Å². The van der Waals surface area contributed by atoms with Crippen LogP contribution in [-0.4, -0.2) is 31.2 Å². The highest BCUT2D eigenvalue weighted by atomic mass is 16.5. The van der Waals surface area contributed by atoms with Gasteiger partial charge in [-0.25, -0.2) is 0 Å². The van der Waals surface area contributed by atoms with Gasteiger partial charge in [-0.2, -0.15) is 0 Å². The minimum Gasteiger partial charge on any atom is -0.497 e. The molecule has 0 bridgehead atoms. The molecule has 2 aromatic rings. The standard InChI is InChI=1S/C22H23N3O3/c1-28-16-11-9-15(10-12-16)13-23-21(26)14-25-20-8-3-2-6-19(20)24-18-7-4-5-17(18)22(25)27/h2-3,6,8-12,17H,4-5,7,13-14H2,1H3,(H,23,26). The second-order valence-corrected chi connectivity index (χ2v) is 7.09. The van der Waals surface area contributed by atoms with E-state index in [0.717, 1.165) is 42.0 Å². The van der Waals surface area contributed by atoms with Crippen LogP contribution in [0.2, 0.25) is 0 Å². The maximum Gasteiger partial charge on any atom is 0.240 e. The predicted molar refractivity (Wildman–Crippen MR) is 108 cm³/mol. The highest BCUT2D eigenvalue weighted by Gasteiger charge is 2.36. The van der Waals surface area contributed by atoms with Gasteiger partial charge in [0.15, 0.2) is 0 Å².